The molecule has 2 N–H and O–H groups in total. The molecule has 0 bridgehead atoms. The Labute approximate surface area is 103 Å². The second kappa shape index (κ2) is 3.56. The number of anilines is 1. The van der Waals surface area contributed by atoms with Gasteiger partial charge in [0.2, 0.25) is 5.13 Å². The number of hydrogen-bond acceptors (Lipinski definition) is 4. The van der Waals surface area contributed by atoms with Crippen molar-refractivity contribution in [3.8, 4) is 5.13 Å². The van der Waals surface area contributed by atoms with Gasteiger partial charge < -0.3 is 5.73 Å². The summed E-state index contributed by atoms with van der Waals surface area (Å²) in [5, 5.41) is 6.33. The molecule has 1 aromatic carbocycles. The third-order valence-corrected chi connectivity index (χ3v) is 3.84. The zero-order chi connectivity index (χ0) is 12.0. The molecule has 0 fully saturated rings. The van der Waals surface area contributed by atoms with E-state index in [0.717, 1.165) is 27.4 Å². The van der Waals surface area contributed by atoms with E-state index < -0.39 is 0 Å². The highest BCUT2D eigenvalue weighted by Crippen LogP contribution is 2.25. The predicted molar refractivity (Wildman–Crippen MR) is 70.6 cm³/mol. The summed E-state index contributed by atoms with van der Waals surface area (Å²) in [5.74, 6) is 0. The molecule has 0 aliphatic carbocycles. The van der Waals surface area contributed by atoms with Gasteiger partial charge in [0.15, 0.2) is 0 Å². The fourth-order valence-electron chi connectivity index (χ4n) is 1.73. The van der Waals surface area contributed by atoms with Crippen LogP contribution in [0.25, 0.3) is 16.0 Å². The first kappa shape index (κ1) is 10.3. The molecule has 0 radical (unpaired) electrons. The number of rotatable bonds is 1. The highest BCUT2D eigenvalue weighted by atomic mass is 32.1. The smallest absolute Gasteiger partial charge is 0.211 e. The largest absolute Gasteiger partial charge is 0.399 e. The molecule has 0 aliphatic heterocycles. The minimum absolute atomic E-state index is 0.740. The van der Waals surface area contributed by atoms with Gasteiger partial charge in [-0.1, -0.05) is 11.3 Å². The number of fused-ring (bicyclic) bond motifs is 1. The number of hydrogen-bond donors (Lipinski definition) is 1. The normalized spacial score (nSPS) is 11.2. The molecule has 4 nitrogen and oxygen atoms in total. The summed E-state index contributed by atoms with van der Waals surface area (Å²) in [4.78, 5) is 5.73. The monoisotopic (exact) mass is 244 g/mol. The molecule has 3 aromatic rings. The molecule has 2 aromatic heterocycles. The molecule has 2 heterocycles. The van der Waals surface area contributed by atoms with E-state index in [4.69, 9.17) is 5.73 Å². The first-order valence-electron chi connectivity index (χ1n) is 5.33. The average molecular weight is 244 g/mol. The Balaban J connectivity index is 2.26. The van der Waals surface area contributed by atoms with Gasteiger partial charge in [0.1, 0.15) is 0 Å². The molecule has 0 unspecified atom stereocenters. The van der Waals surface area contributed by atoms with Crippen molar-refractivity contribution in [2.24, 2.45) is 0 Å². The van der Waals surface area contributed by atoms with Crippen molar-refractivity contribution >= 4 is 27.9 Å². The lowest BCUT2D eigenvalue weighted by atomic mass is 10.2. The van der Waals surface area contributed by atoms with E-state index in [2.05, 4.69) is 17.0 Å². The molecule has 86 valence electrons. The molecule has 0 spiro atoms. The first-order chi connectivity index (χ1) is 8.15. The minimum Gasteiger partial charge on any atom is -0.399 e. The Hall–Kier alpha value is -1.88. The second-order valence-electron chi connectivity index (χ2n) is 4.01. The molecule has 0 amide bonds. The van der Waals surface area contributed by atoms with Crippen molar-refractivity contribution in [3.05, 3.63) is 35.0 Å². The van der Waals surface area contributed by atoms with Crippen LogP contribution in [0.15, 0.2) is 24.4 Å². The molecule has 0 atom stereocenters. The molecule has 0 saturated heterocycles. The zero-order valence-electron chi connectivity index (χ0n) is 9.64. The Kier molecular flexibility index (Phi) is 2.16. The summed E-state index contributed by atoms with van der Waals surface area (Å²) >= 11 is 1.64. The Morgan fingerprint density at radius 3 is 2.82 bits per heavy atom. The summed E-state index contributed by atoms with van der Waals surface area (Å²) < 4.78 is 1.84. The van der Waals surface area contributed by atoms with Gasteiger partial charge in [0, 0.05) is 16.0 Å². The fourth-order valence-corrected chi connectivity index (χ4v) is 2.62. The number of benzene rings is 1. The average Bonchev–Trinajstić information content (AvgIpc) is 2.83. The van der Waals surface area contributed by atoms with Crippen molar-refractivity contribution in [1.29, 1.82) is 0 Å². The van der Waals surface area contributed by atoms with Gasteiger partial charge in [-0.25, -0.2) is 9.67 Å². The third kappa shape index (κ3) is 1.59. The standard InChI is InChI=1S/C12H12N4S/c1-7-8(2)17-12(15-7)16-11-5-10(13)4-3-9(11)6-14-16/h3-6H,13H2,1-2H3. The first-order valence-corrected chi connectivity index (χ1v) is 6.14. The van der Waals surface area contributed by atoms with Crippen LogP contribution >= 0.6 is 11.3 Å². The third-order valence-electron chi connectivity index (χ3n) is 2.79. The van der Waals surface area contributed by atoms with Gasteiger partial charge in [-0.05, 0) is 32.0 Å². The summed E-state index contributed by atoms with van der Waals surface area (Å²) in [7, 11) is 0. The summed E-state index contributed by atoms with van der Waals surface area (Å²) in [6.07, 6.45) is 1.83. The van der Waals surface area contributed by atoms with Crippen LogP contribution in [0.5, 0.6) is 0 Å². The quantitative estimate of drug-likeness (QED) is 0.669. The van der Waals surface area contributed by atoms with Gasteiger partial charge >= 0.3 is 0 Å². The molecule has 17 heavy (non-hydrogen) atoms. The molecule has 0 aliphatic rings. The maximum atomic E-state index is 5.81. The lowest BCUT2D eigenvalue weighted by molar-refractivity contribution is 0.893. The van der Waals surface area contributed by atoms with Crippen molar-refractivity contribution in [2.45, 2.75) is 13.8 Å². The van der Waals surface area contributed by atoms with Gasteiger partial charge in [-0.2, -0.15) is 5.10 Å². The van der Waals surface area contributed by atoms with Gasteiger partial charge in [-0.3, -0.25) is 0 Å². The van der Waals surface area contributed by atoms with Crippen LogP contribution in [-0.4, -0.2) is 14.8 Å². The lowest BCUT2D eigenvalue weighted by Crippen LogP contribution is -1.95. The van der Waals surface area contributed by atoms with Crippen molar-refractivity contribution in [3.63, 3.8) is 0 Å². The summed E-state index contributed by atoms with van der Waals surface area (Å²) in [5.41, 5.74) is 8.60. The summed E-state index contributed by atoms with van der Waals surface area (Å²) in [6, 6.07) is 5.78. The van der Waals surface area contributed by atoms with Gasteiger partial charge in [0.05, 0.1) is 17.4 Å². The van der Waals surface area contributed by atoms with Gasteiger partial charge in [-0.15, -0.1) is 0 Å². The maximum Gasteiger partial charge on any atom is 0.211 e. The van der Waals surface area contributed by atoms with Crippen molar-refractivity contribution in [1.82, 2.24) is 14.8 Å². The number of nitrogens with two attached hydrogens (primary N) is 1. The number of aryl methyl sites for hydroxylation is 2. The van der Waals surface area contributed by atoms with E-state index in [1.54, 1.807) is 11.3 Å². The van der Waals surface area contributed by atoms with Crippen LogP contribution in [0.2, 0.25) is 0 Å². The molecular weight excluding hydrogens is 232 g/mol. The van der Waals surface area contributed by atoms with Crippen LogP contribution < -0.4 is 5.73 Å². The number of thiazole rings is 1. The van der Waals surface area contributed by atoms with Crippen LogP contribution in [-0.2, 0) is 0 Å². The second-order valence-corrected chi connectivity index (χ2v) is 5.19. The summed E-state index contributed by atoms with van der Waals surface area (Å²) in [6.45, 7) is 4.08. The van der Waals surface area contributed by atoms with E-state index in [1.807, 2.05) is 36.0 Å². The molecule has 5 heteroatoms. The van der Waals surface area contributed by atoms with E-state index in [-0.39, 0.29) is 0 Å². The SMILES string of the molecule is Cc1nc(-n2ncc3ccc(N)cc32)sc1C. The Morgan fingerprint density at radius 1 is 1.29 bits per heavy atom. The fraction of sp³-hybridized carbons (Fsp3) is 0.167. The van der Waals surface area contributed by atoms with Crippen LogP contribution in [0, 0.1) is 13.8 Å². The van der Waals surface area contributed by atoms with Crippen molar-refractivity contribution < 1.29 is 0 Å². The molecule has 0 saturated carbocycles. The van der Waals surface area contributed by atoms with Crippen LogP contribution in [0.3, 0.4) is 0 Å². The highest BCUT2D eigenvalue weighted by molar-refractivity contribution is 7.14. The van der Waals surface area contributed by atoms with Gasteiger partial charge in [0.25, 0.3) is 0 Å². The van der Waals surface area contributed by atoms with E-state index >= 15 is 0 Å². The van der Waals surface area contributed by atoms with Crippen LogP contribution in [0.1, 0.15) is 10.6 Å². The molecule has 3 rings (SSSR count). The van der Waals surface area contributed by atoms with E-state index in [9.17, 15) is 0 Å². The minimum atomic E-state index is 0.740. The highest BCUT2D eigenvalue weighted by Gasteiger charge is 2.10. The van der Waals surface area contributed by atoms with E-state index in [0.29, 0.717) is 0 Å². The lowest BCUT2D eigenvalue weighted by Gasteiger charge is -1.98. The Morgan fingerprint density at radius 2 is 2.12 bits per heavy atom. The Bertz CT molecular complexity index is 676. The molecular formula is C12H12N4S. The number of nitrogens with zero attached hydrogens (tertiary/aromatic N) is 3. The van der Waals surface area contributed by atoms with Crippen molar-refractivity contribution in [2.75, 3.05) is 5.73 Å². The number of aromatic nitrogens is 3. The van der Waals surface area contributed by atoms with Crippen LogP contribution in [0.4, 0.5) is 5.69 Å². The topological polar surface area (TPSA) is 56.7 Å². The zero-order valence-corrected chi connectivity index (χ0v) is 10.5. The number of nitrogen functional groups attached to an aromatic ring is 1. The predicted octanol–water partition coefficient (Wildman–Crippen LogP) is 2.68. The van der Waals surface area contributed by atoms with E-state index in [1.165, 1.54) is 4.88 Å². The maximum absolute atomic E-state index is 5.81.